The number of pyridine rings is 1. The Hall–Kier alpha value is -3.01. The Bertz CT molecular complexity index is 1060. The highest BCUT2D eigenvalue weighted by Gasteiger charge is 2.38. The normalized spacial score (nSPS) is 20.6. The molecule has 30 heavy (non-hydrogen) atoms. The molecule has 2 aliphatic heterocycles. The van der Waals surface area contributed by atoms with Gasteiger partial charge in [0, 0.05) is 42.4 Å². The summed E-state index contributed by atoms with van der Waals surface area (Å²) in [5.74, 6) is 0.409. The van der Waals surface area contributed by atoms with Crippen LogP contribution in [0.15, 0.2) is 66.9 Å². The van der Waals surface area contributed by atoms with E-state index < -0.39 is 0 Å². The van der Waals surface area contributed by atoms with Gasteiger partial charge in [0.1, 0.15) is 5.82 Å². The van der Waals surface area contributed by atoms with Crippen molar-refractivity contribution in [3.63, 3.8) is 0 Å². The van der Waals surface area contributed by atoms with E-state index in [1.165, 1.54) is 23.3 Å². The molecule has 5 rings (SSSR count). The van der Waals surface area contributed by atoms with Crippen molar-refractivity contribution in [3.05, 3.63) is 89.5 Å². The van der Waals surface area contributed by atoms with Gasteiger partial charge in [-0.05, 0) is 60.6 Å². The van der Waals surface area contributed by atoms with Crippen LogP contribution < -0.4 is 0 Å². The number of fused-ring (bicyclic) bond motifs is 2. The van der Waals surface area contributed by atoms with Crippen LogP contribution >= 0.6 is 0 Å². The van der Waals surface area contributed by atoms with Crippen LogP contribution in [0, 0.1) is 5.82 Å². The van der Waals surface area contributed by atoms with Crippen LogP contribution in [0.3, 0.4) is 0 Å². The number of hydrogen-bond acceptors (Lipinski definition) is 2. The molecule has 0 bridgehead atoms. The molecule has 152 valence electrons. The minimum absolute atomic E-state index is 0.237. The SMILES string of the molecule is O=C1CCC[C@@H]2C(CCc3ccc(-c4cccc(F)c4)cn3)c3ccccc3CN12. The van der Waals surface area contributed by atoms with E-state index in [0.29, 0.717) is 24.3 Å². The molecule has 1 unspecified atom stereocenters. The molecule has 1 aromatic heterocycles. The molecule has 1 saturated heterocycles. The van der Waals surface area contributed by atoms with Gasteiger partial charge in [-0.1, -0.05) is 42.5 Å². The number of benzene rings is 2. The summed E-state index contributed by atoms with van der Waals surface area (Å²) in [4.78, 5) is 19.3. The van der Waals surface area contributed by atoms with E-state index in [2.05, 4.69) is 34.1 Å². The number of carbonyl (C=O) groups is 1. The summed E-state index contributed by atoms with van der Waals surface area (Å²) in [6.07, 6.45) is 6.40. The molecule has 3 heterocycles. The van der Waals surface area contributed by atoms with Crippen molar-refractivity contribution in [2.45, 2.75) is 50.6 Å². The highest BCUT2D eigenvalue weighted by molar-refractivity contribution is 5.78. The molecule has 4 heteroatoms. The molecule has 0 aliphatic carbocycles. The summed E-state index contributed by atoms with van der Waals surface area (Å²) in [6.45, 7) is 0.747. The van der Waals surface area contributed by atoms with Crippen molar-refractivity contribution in [1.29, 1.82) is 0 Å². The number of aromatic nitrogens is 1. The van der Waals surface area contributed by atoms with Gasteiger partial charge in [0.05, 0.1) is 0 Å². The summed E-state index contributed by atoms with van der Waals surface area (Å²) < 4.78 is 13.5. The Morgan fingerprint density at radius 3 is 2.77 bits per heavy atom. The summed E-state index contributed by atoms with van der Waals surface area (Å²) in [7, 11) is 0. The number of halogens is 1. The Morgan fingerprint density at radius 1 is 1.03 bits per heavy atom. The first-order chi connectivity index (χ1) is 14.7. The lowest BCUT2D eigenvalue weighted by Crippen LogP contribution is -2.49. The van der Waals surface area contributed by atoms with Gasteiger partial charge < -0.3 is 4.90 Å². The fourth-order valence-electron chi connectivity index (χ4n) is 5.06. The van der Waals surface area contributed by atoms with Crippen LogP contribution in [-0.2, 0) is 17.8 Å². The summed E-state index contributed by atoms with van der Waals surface area (Å²) in [5, 5.41) is 0. The smallest absolute Gasteiger partial charge is 0.223 e. The van der Waals surface area contributed by atoms with E-state index in [0.717, 1.165) is 49.0 Å². The van der Waals surface area contributed by atoms with E-state index in [9.17, 15) is 9.18 Å². The van der Waals surface area contributed by atoms with Crippen LogP contribution in [0.25, 0.3) is 11.1 Å². The fraction of sp³-hybridized carbons (Fsp3) is 0.308. The maximum Gasteiger partial charge on any atom is 0.223 e. The van der Waals surface area contributed by atoms with Gasteiger partial charge >= 0.3 is 0 Å². The van der Waals surface area contributed by atoms with E-state index in [1.807, 2.05) is 24.4 Å². The lowest BCUT2D eigenvalue weighted by Gasteiger charge is -2.45. The van der Waals surface area contributed by atoms with E-state index in [-0.39, 0.29) is 5.82 Å². The number of piperidine rings is 1. The minimum atomic E-state index is -0.237. The first-order valence-corrected chi connectivity index (χ1v) is 10.8. The second-order valence-corrected chi connectivity index (χ2v) is 8.37. The molecule has 3 nitrogen and oxygen atoms in total. The van der Waals surface area contributed by atoms with Gasteiger partial charge in [-0.15, -0.1) is 0 Å². The number of carbonyl (C=O) groups excluding carboxylic acids is 1. The summed E-state index contributed by atoms with van der Waals surface area (Å²) in [6, 6.07) is 19.5. The average molecular weight is 400 g/mol. The summed E-state index contributed by atoms with van der Waals surface area (Å²) in [5.41, 5.74) is 5.47. The third kappa shape index (κ3) is 3.62. The fourth-order valence-corrected chi connectivity index (χ4v) is 5.06. The molecular formula is C26H25FN2O. The first kappa shape index (κ1) is 19.0. The zero-order chi connectivity index (χ0) is 20.5. The van der Waals surface area contributed by atoms with Gasteiger partial charge in [-0.3, -0.25) is 9.78 Å². The molecule has 1 fully saturated rings. The van der Waals surface area contributed by atoms with E-state index >= 15 is 0 Å². The van der Waals surface area contributed by atoms with Gasteiger partial charge in [0.25, 0.3) is 0 Å². The largest absolute Gasteiger partial charge is 0.335 e. The average Bonchev–Trinajstić information content (AvgIpc) is 2.78. The van der Waals surface area contributed by atoms with Crippen molar-refractivity contribution in [3.8, 4) is 11.1 Å². The Kier molecular flexibility index (Phi) is 5.07. The molecule has 0 spiro atoms. The predicted molar refractivity (Wildman–Crippen MR) is 115 cm³/mol. The second kappa shape index (κ2) is 8.02. The van der Waals surface area contributed by atoms with E-state index in [4.69, 9.17) is 0 Å². The highest BCUT2D eigenvalue weighted by Crippen LogP contribution is 2.40. The van der Waals surface area contributed by atoms with Crippen molar-refractivity contribution < 1.29 is 9.18 Å². The number of hydrogen-bond donors (Lipinski definition) is 0. The monoisotopic (exact) mass is 400 g/mol. The quantitative estimate of drug-likeness (QED) is 0.579. The van der Waals surface area contributed by atoms with Crippen LogP contribution in [0.1, 0.15) is 48.4 Å². The topological polar surface area (TPSA) is 33.2 Å². The third-order valence-corrected chi connectivity index (χ3v) is 6.57. The summed E-state index contributed by atoms with van der Waals surface area (Å²) >= 11 is 0. The van der Waals surface area contributed by atoms with Crippen molar-refractivity contribution in [1.82, 2.24) is 9.88 Å². The Balaban J connectivity index is 1.35. The minimum Gasteiger partial charge on any atom is -0.335 e. The number of amides is 1. The molecular weight excluding hydrogens is 375 g/mol. The zero-order valence-corrected chi connectivity index (χ0v) is 16.9. The third-order valence-electron chi connectivity index (χ3n) is 6.57. The van der Waals surface area contributed by atoms with Crippen LogP contribution in [0.5, 0.6) is 0 Å². The van der Waals surface area contributed by atoms with E-state index in [1.54, 1.807) is 6.07 Å². The van der Waals surface area contributed by atoms with Crippen molar-refractivity contribution >= 4 is 5.91 Å². The van der Waals surface area contributed by atoms with Gasteiger partial charge in [-0.25, -0.2) is 4.39 Å². The maximum absolute atomic E-state index is 13.5. The van der Waals surface area contributed by atoms with Crippen molar-refractivity contribution in [2.24, 2.45) is 0 Å². The molecule has 2 aromatic carbocycles. The molecule has 0 radical (unpaired) electrons. The Labute approximate surface area is 176 Å². The van der Waals surface area contributed by atoms with Crippen LogP contribution in [0.4, 0.5) is 4.39 Å². The lowest BCUT2D eigenvalue weighted by atomic mass is 9.77. The van der Waals surface area contributed by atoms with Gasteiger partial charge in [0.15, 0.2) is 0 Å². The highest BCUT2D eigenvalue weighted by atomic mass is 19.1. The molecule has 2 atom stereocenters. The maximum atomic E-state index is 13.5. The van der Waals surface area contributed by atoms with Crippen LogP contribution in [-0.4, -0.2) is 21.8 Å². The second-order valence-electron chi connectivity index (χ2n) is 8.37. The predicted octanol–water partition coefficient (Wildman–Crippen LogP) is 5.50. The lowest BCUT2D eigenvalue weighted by molar-refractivity contribution is -0.138. The van der Waals surface area contributed by atoms with Gasteiger partial charge in [-0.2, -0.15) is 0 Å². The molecule has 0 saturated carbocycles. The number of rotatable bonds is 4. The number of aryl methyl sites for hydroxylation is 1. The van der Waals surface area contributed by atoms with Crippen LogP contribution in [0.2, 0.25) is 0 Å². The first-order valence-electron chi connectivity index (χ1n) is 10.8. The number of nitrogens with zero attached hydrogens (tertiary/aromatic N) is 2. The zero-order valence-electron chi connectivity index (χ0n) is 16.9. The van der Waals surface area contributed by atoms with Gasteiger partial charge in [0.2, 0.25) is 5.91 Å². The van der Waals surface area contributed by atoms with Crippen molar-refractivity contribution in [2.75, 3.05) is 0 Å². The molecule has 2 aliphatic rings. The molecule has 3 aromatic rings. The molecule has 0 N–H and O–H groups in total. The Morgan fingerprint density at radius 2 is 1.93 bits per heavy atom. The standard InChI is InChI=1S/C26H25FN2O/c27-21-7-3-6-18(15-21)19-11-12-22(28-16-19)13-14-24-23-8-2-1-5-20(23)17-29-25(24)9-4-10-26(29)30/h1-3,5-8,11-12,15-16,24-25H,4,9-10,13-14,17H2/t24?,25-/m1/s1. The molecule has 1 amide bonds.